The topological polar surface area (TPSA) is 12.9 Å². The summed E-state index contributed by atoms with van der Waals surface area (Å²) < 4.78 is 0. The molecule has 0 N–H and O–H groups in total. The van der Waals surface area contributed by atoms with Gasteiger partial charge in [0.2, 0.25) is 0 Å². The summed E-state index contributed by atoms with van der Waals surface area (Å²) in [7, 11) is 0. The zero-order chi connectivity index (χ0) is 13.1. The maximum Gasteiger partial charge on any atom is 0.0702 e. The van der Waals surface area contributed by atoms with E-state index < -0.39 is 0 Å². The van der Waals surface area contributed by atoms with Crippen molar-refractivity contribution in [1.29, 1.82) is 0 Å². The Bertz CT molecular complexity index is 675. The van der Waals surface area contributed by atoms with Crippen molar-refractivity contribution in [3.05, 3.63) is 77.9 Å². The highest BCUT2D eigenvalue weighted by Crippen LogP contribution is 2.26. The van der Waals surface area contributed by atoms with E-state index in [-0.39, 0.29) is 0 Å². The van der Waals surface area contributed by atoms with Crippen LogP contribution in [0.4, 0.5) is 0 Å². The fraction of sp³-hybridized carbons (Fsp3) is 0. The van der Waals surface area contributed by atoms with E-state index in [1.165, 1.54) is 5.56 Å². The van der Waals surface area contributed by atoms with Crippen LogP contribution in [-0.4, -0.2) is 4.98 Å². The van der Waals surface area contributed by atoms with Gasteiger partial charge < -0.3 is 0 Å². The highest BCUT2D eigenvalue weighted by atomic mass is 35.5. The first-order valence-corrected chi connectivity index (χ1v) is 6.48. The Labute approximate surface area is 117 Å². The van der Waals surface area contributed by atoms with E-state index in [1.807, 2.05) is 54.7 Å². The van der Waals surface area contributed by atoms with Crippen LogP contribution in [0.1, 0.15) is 0 Å². The molecule has 3 rings (SSSR count). The van der Waals surface area contributed by atoms with E-state index in [0.29, 0.717) is 0 Å². The van der Waals surface area contributed by atoms with Crippen LogP contribution in [-0.2, 0) is 0 Å². The van der Waals surface area contributed by atoms with Crippen molar-refractivity contribution in [3.8, 4) is 22.4 Å². The summed E-state index contributed by atoms with van der Waals surface area (Å²) >= 11 is 5.92. The number of rotatable bonds is 2. The first-order chi connectivity index (χ1) is 9.33. The number of halogens is 1. The lowest BCUT2D eigenvalue weighted by molar-refractivity contribution is 1.33. The standard InChI is InChI=1S/C17H12ClN/c18-16-9-7-13(8-10-16)14-4-3-5-15(12-14)17-6-1-2-11-19-17/h1-12H. The van der Waals surface area contributed by atoms with Crippen molar-refractivity contribution < 1.29 is 0 Å². The molecule has 0 aliphatic rings. The lowest BCUT2D eigenvalue weighted by Gasteiger charge is -2.05. The van der Waals surface area contributed by atoms with Gasteiger partial charge in [0.25, 0.3) is 0 Å². The molecule has 0 unspecified atom stereocenters. The first kappa shape index (κ1) is 11.9. The summed E-state index contributed by atoms with van der Waals surface area (Å²) in [6.07, 6.45) is 1.81. The van der Waals surface area contributed by atoms with Gasteiger partial charge in [0, 0.05) is 16.8 Å². The number of aromatic nitrogens is 1. The highest BCUT2D eigenvalue weighted by molar-refractivity contribution is 6.30. The minimum atomic E-state index is 0.754. The SMILES string of the molecule is Clc1ccc(-c2cccc(-c3ccccn3)c2)cc1. The van der Waals surface area contributed by atoms with Crippen LogP contribution in [0.25, 0.3) is 22.4 Å². The highest BCUT2D eigenvalue weighted by Gasteiger charge is 2.02. The molecular formula is C17H12ClN. The van der Waals surface area contributed by atoms with Gasteiger partial charge in [0.05, 0.1) is 5.69 Å². The predicted molar refractivity (Wildman–Crippen MR) is 80.1 cm³/mol. The van der Waals surface area contributed by atoms with E-state index in [1.54, 1.807) is 0 Å². The molecule has 0 aliphatic carbocycles. The molecule has 0 saturated heterocycles. The van der Waals surface area contributed by atoms with Crippen LogP contribution in [0.3, 0.4) is 0 Å². The number of hydrogen-bond donors (Lipinski definition) is 0. The summed E-state index contributed by atoms with van der Waals surface area (Å²) in [5, 5.41) is 0.754. The quantitative estimate of drug-likeness (QED) is 0.630. The molecule has 0 fully saturated rings. The van der Waals surface area contributed by atoms with E-state index in [0.717, 1.165) is 21.8 Å². The summed E-state index contributed by atoms with van der Waals surface area (Å²) in [5.74, 6) is 0. The zero-order valence-electron chi connectivity index (χ0n) is 10.3. The zero-order valence-corrected chi connectivity index (χ0v) is 11.0. The lowest BCUT2D eigenvalue weighted by atomic mass is 10.0. The molecule has 3 aromatic rings. The normalized spacial score (nSPS) is 10.4. The Morgan fingerprint density at radius 1 is 0.684 bits per heavy atom. The molecule has 92 valence electrons. The molecule has 0 bridgehead atoms. The van der Waals surface area contributed by atoms with E-state index in [4.69, 9.17) is 11.6 Å². The van der Waals surface area contributed by atoms with Crippen LogP contribution >= 0.6 is 11.6 Å². The van der Waals surface area contributed by atoms with Gasteiger partial charge in [-0.05, 0) is 41.5 Å². The third kappa shape index (κ3) is 2.67. The summed E-state index contributed by atoms with van der Waals surface area (Å²) in [4.78, 5) is 4.38. The molecule has 0 spiro atoms. The Kier molecular flexibility index (Phi) is 3.30. The van der Waals surface area contributed by atoms with Gasteiger partial charge in [-0.1, -0.05) is 48.0 Å². The number of nitrogens with zero attached hydrogens (tertiary/aromatic N) is 1. The third-order valence-electron chi connectivity index (χ3n) is 3.00. The molecule has 0 amide bonds. The van der Waals surface area contributed by atoms with Gasteiger partial charge in [-0.25, -0.2) is 0 Å². The minimum absolute atomic E-state index is 0.754. The van der Waals surface area contributed by atoms with Crippen molar-refractivity contribution in [2.45, 2.75) is 0 Å². The Balaban J connectivity index is 2.03. The number of pyridine rings is 1. The van der Waals surface area contributed by atoms with Crippen molar-refractivity contribution >= 4 is 11.6 Å². The van der Waals surface area contributed by atoms with Crippen molar-refractivity contribution in [1.82, 2.24) is 4.98 Å². The van der Waals surface area contributed by atoms with Gasteiger partial charge in [-0.3, -0.25) is 4.98 Å². The Morgan fingerprint density at radius 2 is 1.47 bits per heavy atom. The summed E-state index contributed by atoms with van der Waals surface area (Å²) in [6.45, 7) is 0. The molecular weight excluding hydrogens is 254 g/mol. The molecule has 1 aromatic heterocycles. The van der Waals surface area contributed by atoms with E-state index >= 15 is 0 Å². The van der Waals surface area contributed by atoms with Crippen molar-refractivity contribution in [2.75, 3.05) is 0 Å². The number of hydrogen-bond acceptors (Lipinski definition) is 1. The van der Waals surface area contributed by atoms with Crippen LogP contribution in [0.5, 0.6) is 0 Å². The van der Waals surface area contributed by atoms with Crippen LogP contribution in [0, 0.1) is 0 Å². The van der Waals surface area contributed by atoms with Gasteiger partial charge in [0.15, 0.2) is 0 Å². The molecule has 0 atom stereocenters. The maximum atomic E-state index is 5.92. The smallest absolute Gasteiger partial charge is 0.0702 e. The van der Waals surface area contributed by atoms with E-state index in [9.17, 15) is 0 Å². The molecule has 0 aliphatic heterocycles. The monoisotopic (exact) mass is 265 g/mol. The minimum Gasteiger partial charge on any atom is -0.256 e. The van der Waals surface area contributed by atoms with Crippen molar-refractivity contribution in [3.63, 3.8) is 0 Å². The summed E-state index contributed by atoms with van der Waals surface area (Å²) in [6, 6.07) is 22.2. The van der Waals surface area contributed by atoms with E-state index in [2.05, 4.69) is 23.2 Å². The Hall–Kier alpha value is -2.12. The van der Waals surface area contributed by atoms with Crippen molar-refractivity contribution in [2.24, 2.45) is 0 Å². The predicted octanol–water partition coefficient (Wildman–Crippen LogP) is 5.07. The molecule has 2 heteroatoms. The average molecular weight is 266 g/mol. The van der Waals surface area contributed by atoms with Gasteiger partial charge in [0.1, 0.15) is 0 Å². The summed E-state index contributed by atoms with van der Waals surface area (Å²) in [5.41, 5.74) is 4.42. The maximum absolute atomic E-state index is 5.92. The molecule has 19 heavy (non-hydrogen) atoms. The third-order valence-corrected chi connectivity index (χ3v) is 3.25. The largest absolute Gasteiger partial charge is 0.256 e. The molecule has 1 heterocycles. The first-order valence-electron chi connectivity index (χ1n) is 6.10. The van der Waals surface area contributed by atoms with Gasteiger partial charge in [-0.15, -0.1) is 0 Å². The van der Waals surface area contributed by atoms with Gasteiger partial charge >= 0.3 is 0 Å². The molecule has 1 nitrogen and oxygen atoms in total. The second-order valence-corrected chi connectivity index (χ2v) is 4.74. The average Bonchev–Trinajstić information content (AvgIpc) is 2.49. The fourth-order valence-corrected chi connectivity index (χ4v) is 2.16. The Morgan fingerprint density at radius 3 is 2.21 bits per heavy atom. The molecule has 0 saturated carbocycles. The lowest BCUT2D eigenvalue weighted by Crippen LogP contribution is -1.83. The number of benzene rings is 2. The van der Waals surface area contributed by atoms with Crippen LogP contribution in [0.15, 0.2) is 72.9 Å². The second-order valence-electron chi connectivity index (χ2n) is 4.30. The molecule has 2 aromatic carbocycles. The van der Waals surface area contributed by atoms with Crippen LogP contribution < -0.4 is 0 Å². The second kappa shape index (κ2) is 5.25. The van der Waals surface area contributed by atoms with Crippen LogP contribution in [0.2, 0.25) is 5.02 Å². The van der Waals surface area contributed by atoms with Gasteiger partial charge in [-0.2, -0.15) is 0 Å². The fourth-order valence-electron chi connectivity index (χ4n) is 2.03. The molecule has 0 radical (unpaired) electrons.